The first-order valence-corrected chi connectivity index (χ1v) is 11.9. The van der Waals surface area contributed by atoms with Crippen molar-refractivity contribution in [3.05, 3.63) is 45.1 Å². The molecule has 0 bridgehead atoms. The first-order chi connectivity index (χ1) is 15.4. The Balaban J connectivity index is 1.39. The number of anilines is 2. The molecule has 5 rings (SSSR count). The molecule has 1 atom stereocenters. The molecular formula is C21H23ClIN7O2. The standard InChI is InChI=1S/C21H23ClIN7O2/c1-32-19(31)17-16(23)18-26-6-9-30(18)20(27-17)28-7-3-21(4-8-28)12-29(11-14(21)24)13-2-5-25-15(22)10-13/h2,5-6,9-10,14H,3-4,7-8,11-12,24H2,1H3/t14-/m1/s1. The van der Waals surface area contributed by atoms with E-state index >= 15 is 0 Å². The minimum absolute atomic E-state index is 0.0225. The van der Waals surface area contributed by atoms with Crippen molar-refractivity contribution in [1.82, 2.24) is 19.4 Å². The molecule has 2 saturated heterocycles. The molecule has 0 unspecified atom stereocenters. The van der Waals surface area contributed by atoms with Gasteiger partial charge in [-0.1, -0.05) is 11.6 Å². The summed E-state index contributed by atoms with van der Waals surface area (Å²) in [7, 11) is 1.36. The zero-order valence-electron chi connectivity index (χ0n) is 17.5. The minimum Gasteiger partial charge on any atom is -0.464 e. The number of carbonyl (C=O) groups excluding carboxylic acids is 1. The second-order valence-electron chi connectivity index (χ2n) is 8.36. The molecule has 3 aromatic rings. The van der Waals surface area contributed by atoms with E-state index in [2.05, 4.69) is 47.3 Å². The highest BCUT2D eigenvalue weighted by molar-refractivity contribution is 14.1. The molecule has 5 heterocycles. The Labute approximate surface area is 204 Å². The lowest BCUT2D eigenvalue weighted by atomic mass is 9.75. The molecule has 3 aromatic heterocycles. The largest absolute Gasteiger partial charge is 0.464 e. The maximum Gasteiger partial charge on any atom is 0.358 e. The Hall–Kier alpha value is -2.18. The molecule has 9 nitrogen and oxygen atoms in total. The van der Waals surface area contributed by atoms with Crippen LogP contribution in [0.15, 0.2) is 30.7 Å². The van der Waals surface area contributed by atoms with Crippen molar-refractivity contribution < 1.29 is 9.53 Å². The van der Waals surface area contributed by atoms with Crippen molar-refractivity contribution in [3.8, 4) is 0 Å². The molecule has 2 N–H and O–H groups in total. The smallest absolute Gasteiger partial charge is 0.358 e. The molecule has 2 aliphatic heterocycles. The number of piperidine rings is 1. The van der Waals surface area contributed by atoms with Crippen LogP contribution in [0, 0.1) is 8.99 Å². The van der Waals surface area contributed by atoms with E-state index in [-0.39, 0.29) is 11.5 Å². The van der Waals surface area contributed by atoms with Gasteiger partial charge in [0.05, 0.1) is 10.7 Å². The average Bonchev–Trinajstić information content (AvgIpc) is 3.41. The first kappa shape index (κ1) is 21.7. The lowest BCUT2D eigenvalue weighted by Gasteiger charge is -2.42. The van der Waals surface area contributed by atoms with Crippen LogP contribution in [0.2, 0.25) is 5.15 Å². The molecule has 168 valence electrons. The van der Waals surface area contributed by atoms with Crippen LogP contribution in [0.25, 0.3) is 5.65 Å². The van der Waals surface area contributed by atoms with Crippen LogP contribution in [0.5, 0.6) is 0 Å². The quantitative estimate of drug-likeness (QED) is 0.293. The Morgan fingerprint density at radius 3 is 2.78 bits per heavy atom. The number of esters is 1. The number of imidazole rings is 1. The van der Waals surface area contributed by atoms with Crippen molar-refractivity contribution >= 4 is 57.4 Å². The molecule has 2 aliphatic rings. The Morgan fingerprint density at radius 1 is 1.28 bits per heavy atom. The van der Waals surface area contributed by atoms with Gasteiger partial charge in [-0.05, 0) is 47.6 Å². The fourth-order valence-electron chi connectivity index (χ4n) is 4.85. The van der Waals surface area contributed by atoms with Gasteiger partial charge in [0.2, 0.25) is 5.95 Å². The molecule has 0 radical (unpaired) electrons. The third-order valence-electron chi connectivity index (χ3n) is 6.68. The van der Waals surface area contributed by atoms with Crippen LogP contribution in [-0.2, 0) is 4.74 Å². The van der Waals surface area contributed by atoms with Crippen molar-refractivity contribution in [1.29, 1.82) is 0 Å². The number of hydrogen-bond acceptors (Lipinski definition) is 8. The average molecular weight is 568 g/mol. The number of methoxy groups -OCH3 is 1. The summed E-state index contributed by atoms with van der Waals surface area (Å²) in [6.45, 7) is 3.26. The fourth-order valence-corrected chi connectivity index (χ4v) is 5.76. The minimum atomic E-state index is -0.459. The third-order valence-corrected chi connectivity index (χ3v) is 7.88. The summed E-state index contributed by atoms with van der Waals surface area (Å²) in [6.07, 6.45) is 7.19. The van der Waals surface area contributed by atoms with E-state index in [1.54, 1.807) is 12.4 Å². The lowest BCUT2D eigenvalue weighted by molar-refractivity contribution is 0.0592. The number of nitrogens with zero attached hydrogens (tertiary/aromatic N) is 6. The molecule has 1 spiro atoms. The number of rotatable bonds is 3. The third kappa shape index (κ3) is 3.57. The number of carbonyl (C=O) groups is 1. The fraction of sp³-hybridized carbons (Fsp3) is 0.429. The van der Waals surface area contributed by atoms with Gasteiger partial charge in [0.15, 0.2) is 11.3 Å². The summed E-state index contributed by atoms with van der Waals surface area (Å²) in [5.41, 5.74) is 8.74. The van der Waals surface area contributed by atoms with E-state index in [0.717, 1.165) is 44.7 Å². The van der Waals surface area contributed by atoms with Gasteiger partial charge in [0.1, 0.15) is 5.15 Å². The highest BCUT2D eigenvalue weighted by Crippen LogP contribution is 2.42. The molecule has 0 aromatic carbocycles. The predicted octanol–water partition coefficient (Wildman–Crippen LogP) is 2.60. The van der Waals surface area contributed by atoms with Gasteiger partial charge in [0.25, 0.3) is 0 Å². The van der Waals surface area contributed by atoms with Crippen LogP contribution in [0.3, 0.4) is 0 Å². The van der Waals surface area contributed by atoms with E-state index in [1.165, 1.54) is 7.11 Å². The molecule has 2 fully saturated rings. The number of ether oxygens (including phenoxy) is 1. The second-order valence-corrected chi connectivity index (χ2v) is 9.83. The van der Waals surface area contributed by atoms with E-state index in [0.29, 0.717) is 26.0 Å². The molecule has 11 heteroatoms. The summed E-state index contributed by atoms with van der Waals surface area (Å²) in [5.74, 6) is 0.247. The zero-order valence-corrected chi connectivity index (χ0v) is 20.5. The molecule has 0 aliphatic carbocycles. The van der Waals surface area contributed by atoms with Gasteiger partial charge in [-0.15, -0.1) is 0 Å². The number of fused-ring (bicyclic) bond motifs is 1. The van der Waals surface area contributed by atoms with Crippen molar-refractivity contribution in [2.45, 2.75) is 18.9 Å². The van der Waals surface area contributed by atoms with E-state index in [4.69, 9.17) is 22.1 Å². The maximum absolute atomic E-state index is 12.3. The summed E-state index contributed by atoms with van der Waals surface area (Å²) in [5, 5.41) is 0.488. The van der Waals surface area contributed by atoms with Gasteiger partial charge >= 0.3 is 5.97 Å². The van der Waals surface area contributed by atoms with E-state index in [9.17, 15) is 4.79 Å². The maximum atomic E-state index is 12.3. The van der Waals surface area contributed by atoms with Crippen molar-refractivity contribution in [3.63, 3.8) is 0 Å². The number of nitrogens with two attached hydrogens (primary N) is 1. The monoisotopic (exact) mass is 567 g/mol. The highest BCUT2D eigenvalue weighted by Gasteiger charge is 2.47. The Bertz CT molecular complexity index is 1180. The number of aromatic nitrogens is 4. The number of pyridine rings is 1. The SMILES string of the molecule is COC(=O)c1nc(N2CCC3(CC2)CN(c2ccnc(Cl)c2)C[C@H]3N)n2ccnc2c1I. The molecule has 32 heavy (non-hydrogen) atoms. The van der Waals surface area contributed by atoms with Crippen LogP contribution < -0.4 is 15.5 Å². The summed E-state index contributed by atoms with van der Waals surface area (Å²) >= 11 is 8.19. The Kier molecular flexibility index (Phi) is 5.62. The summed E-state index contributed by atoms with van der Waals surface area (Å²) < 4.78 is 7.56. The van der Waals surface area contributed by atoms with Gasteiger partial charge in [-0.2, -0.15) is 0 Å². The normalized spacial score (nSPS) is 20.3. The predicted molar refractivity (Wildman–Crippen MR) is 130 cm³/mol. The first-order valence-electron chi connectivity index (χ1n) is 10.4. The van der Waals surface area contributed by atoms with Crippen LogP contribution in [0.4, 0.5) is 11.6 Å². The lowest BCUT2D eigenvalue weighted by Crippen LogP contribution is -2.49. The van der Waals surface area contributed by atoms with E-state index < -0.39 is 5.97 Å². The van der Waals surface area contributed by atoms with Gasteiger partial charge in [-0.3, -0.25) is 4.40 Å². The molecular weight excluding hydrogens is 545 g/mol. The van der Waals surface area contributed by atoms with Crippen molar-refractivity contribution in [2.24, 2.45) is 11.1 Å². The second kappa shape index (κ2) is 8.31. The molecule has 0 amide bonds. The van der Waals surface area contributed by atoms with Crippen LogP contribution in [-0.4, -0.2) is 64.7 Å². The highest BCUT2D eigenvalue weighted by atomic mass is 127. The van der Waals surface area contributed by atoms with Gasteiger partial charge < -0.3 is 20.3 Å². The van der Waals surface area contributed by atoms with Crippen LogP contribution >= 0.6 is 34.2 Å². The Morgan fingerprint density at radius 2 is 2.06 bits per heavy atom. The number of halogens is 2. The molecule has 0 saturated carbocycles. The van der Waals surface area contributed by atoms with Gasteiger partial charge in [0, 0.05) is 61.9 Å². The van der Waals surface area contributed by atoms with Gasteiger partial charge in [-0.25, -0.2) is 19.7 Å². The van der Waals surface area contributed by atoms with Crippen molar-refractivity contribution in [2.75, 3.05) is 43.1 Å². The topological polar surface area (TPSA) is 102 Å². The van der Waals surface area contributed by atoms with Crippen LogP contribution in [0.1, 0.15) is 23.3 Å². The summed E-state index contributed by atoms with van der Waals surface area (Å²) in [6, 6.07) is 3.94. The number of hydrogen-bond donors (Lipinski definition) is 1. The van der Waals surface area contributed by atoms with E-state index in [1.807, 2.05) is 22.7 Å². The summed E-state index contributed by atoms with van der Waals surface area (Å²) in [4.78, 5) is 30.0. The zero-order chi connectivity index (χ0) is 22.5.